The normalized spacial score (nSPS) is 24.5. The van der Waals surface area contributed by atoms with Crippen molar-refractivity contribution in [3.63, 3.8) is 0 Å². The summed E-state index contributed by atoms with van der Waals surface area (Å²) in [6, 6.07) is 7.09. The van der Waals surface area contributed by atoms with Crippen LogP contribution in [-0.4, -0.2) is 49.1 Å². The Morgan fingerprint density at radius 3 is 2.36 bits per heavy atom. The summed E-state index contributed by atoms with van der Waals surface area (Å²) in [5.74, 6) is 0.745. The van der Waals surface area contributed by atoms with E-state index in [0.29, 0.717) is 0 Å². The fraction of sp³-hybridized carbons (Fsp3) is 0.700. The van der Waals surface area contributed by atoms with Crippen molar-refractivity contribution in [2.45, 2.75) is 51.9 Å². The molecule has 0 bridgehead atoms. The average molecular weight is 300 g/mol. The highest BCUT2D eigenvalue weighted by molar-refractivity contribution is 5.32. The van der Waals surface area contributed by atoms with E-state index in [4.69, 9.17) is 0 Å². The quantitative estimate of drug-likeness (QED) is 0.830. The molecule has 2 saturated heterocycles. The Balaban J connectivity index is 1.53. The summed E-state index contributed by atoms with van der Waals surface area (Å²) in [6.45, 7) is 12.2. The maximum absolute atomic E-state index is 2.71. The second-order valence-electron chi connectivity index (χ2n) is 7.39. The number of nitrogens with zero attached hydrogens (tertiary/aromatic N) is 2. The maximum Gasteiger partial charge on any atom is 0.0110 e. The predicted molar refractivity (Wildman–Crippen MR) is 94.6 cm³/mol. The topological polar surface area (TPSA) is 6.48 Å². The molecule has 0 amide bonds. The van der Waals surface area contributed by atoms with Crippen molar-refractivity contribution in [1.82, 2.24) is 9.80 Å². The molecular weight excluding hydrogens is 268 g/mol. The summed E-state index contributed by atoms with van der Waals surface area (Å²) in [5.41, 5.74) is 4.43. The van der Waals surface area contributed by atoms with Crippen molar-refractivity contribution in [1.29, 1.82) is 0 Å². The van der Waals surface area contributed by atoms with Crippen LogP contribution in [0.15, 0.2) is 18.2 Å². The third kappa shape index (κ3) is 4.11. The molecule has 2 fully saturated rings. The lowest BCUT2D eigenvalue weighted by molar-refractivity contribution is 0.157. The van der Waals surface area contributed by atoms with E-state index in [1.165, 1.54) is 82.5 Å². The third-order valence-corrected chi connectivity index (χ3v) is 5.69. The highest BCUT2D eigenvalue weighted by Gasteiger charge is 2.22. The van der Waals surface area contributed by atoms with Gasteiger partial charge in [0, 0.05) is 19.6 Å². The van der Waals surface area contributed by atoms with Gasteiger partial charge >= 0.3 is 0 Å². The lowest BCUT2D eigenvalue weighted by atomic mass is 9.89. The molecule has 1 aromatic rings. The number of likely N-dealkylation sites (tertiary alicyclic amines) is 2. The summed E-state index contributed by atoms with van der Waals surface area (Å²) in [6.07, 6.45) is 6.98. The Labute approximate surface area is 136 Å². The second-order valence-corrected chi connectivity index (χ2v) is 7.39. The van der Waals surface area contributed by atoms with Crippen LogP contribution < -0.4 is 0 Å². The number of aryl methyl sites for hydroxylation is 2. The SMILES string of the molecule is Cc1ccc(C2CCCN(CCN3CCCCC3)C2)cc1C. The van der Waals surface area contributed by atoms with Crippen molar-refractivity contribution < 1.29 is 0 Å². The molecule has 0 N–H and O–H groups in total. The third-order valence-electron chi connectivity index (χ3n) is 5.69. The Morgan fingerprint density at radius 2 is 1.59 bits per heavy atom. The van der Waals surface area contributed by atoms with E-state index in [-0.39, 0.29) is 0 Å². The number of hydrogen-bond acceptors (Lipinski definition) is 2. The standard InChI is InChI=1S/C20H32N2/c1-17-8-9-19(15-18(17)2)20-7-6-12-22(16-20)14-13-21-10-4-3-5-11-21/h8-9,15,20H,3-7,10-14,16H2,1-2H3. The van der Waals surface area contributed by atoms with E-state index in [2.05, 4.69) is 41.8 Å². The number of benzene rings is 1. The van der Waals surface area contributed by atoms with Crippen LogP contribution in [0.25, 0.3) is 0 Å². The Bertz CT molecular complexity index is 477. The van der Waals surface area contributed by atoms with Gasteiger partial charge in [-0.15, -0.1) is 0 Å². The first-order valence-corrected chi connectivity index (χ1v) is 9.24. The van der Waals surface area contributed by atoms with Gasteiger partial charge in [0.2, 0.25) is 0 Å². The van der Waals surface area contributed by atoms with Gasteiger partial charge in [-0.1, -0.05) is 24.6 Å². The van der Waals surface area contributed by atoms with E-state index in [9.17, 15) is 0 Å². The average Bonchev–Trinajstić information content (AvgIpc) is 2.57. The Hall–Kier alpha value is -0.860. The van der Waals surface area contributed by atoms with Gasteiger partial charge in [-0.25, -0.2) is 0 Å². The highest BCUT2D eigenvalue weighted by Crippen LogP contribution is 2.28. The summed E-state index contributed by atoms with van der Waals surface area (Å²) in [5, 5.41) is 0. The van der Waals surface area contributed by atoms with Crippen LogP contribution in [0.3, 0.4) is 0 Å². The van der Waals surface area contributed by atoms with Crippen LogP contribution in [0, 0.1) is 13.8 Å². The molecule has 2 heterocycles. The van der Waals surface area contributed by atoms with Gasteiger partial charge in [-0.2, -0.15) is 0 Å². The van der Waals surface area contributed by atoms with Crippen molar-refractivity contribution in [2.75, 3.05) is 39.3 Å². The fourth-order valence-corrected chi connectivity index (χ4v) is 4.02. The van der Waals surface area contributed by atoms with Crippen LogP contribution in [0.4, 0.5) is 0 Å². The molecule has 2 nitrogen and oxygen atoms in total. The molecule has 122 valence electrons. The molecule has 1 unspecified atom stereocenters. The van der Waals surface area contributed by atoms with E-state index in [1.54, 1.807) is 5.56 Å². The van der Waals surface area contributed by atoms with Gasteiger partial charge in [-0.3, -0.25) is 0 Å². The minimum absolute atomic E-state index is 0.745. The largest absolute Gasteiger partial charge is 0.302 e. The molecule has 22 heavy (non-hydrogen) atoms. The molecule has 0 aliphatic carbocycles. The fourth-order valence-electron chi connectivity index (χ4n) is 4.02. The summed E-state index contributed by atoms with van der Waals surface area (Å²) in [7, 11) is 0. The molecule has 0 spiro atoms. The molecule has 1 aromatic carbocycles. The van der Waals surface area contributed by atoms with Gasteiger partial charge in [0.1, 0.15) is 0 Å². The van der Waals surface area contributed by atoms with E-state index < -0.39 is 0 Å². The first-order chi connectivity index (χ1) is 10.7. The number of piperidine rings is 2. The van der Waals surface area contributed by atoms with Crippen molar-refractivity contribution in [3.8, 4) is 0 Å². The van der Waals surface area contributed by atoms with Crippen LogP contribution in [0.2, 0.25) is 0 Å². The maximum atomic E-state index is 2.71. The predicted octanol–water partition coefficient (Wildman–Crippen LogP) is 3.97. The monoisotopic (exact) mass is 300 g/mol. The molecule has 0 aromatic heterocycles. The van der Waals surface area contributed by atoms with Crippen LogP contribution in [-0.2, 0) is 0 Å². The number of hydrogen-bond donors (Lipinski definition) is 0. The number of rotatable bonds is 4. The van der Waals surface area contributed by atoms with Crippen molar-refractivity contribution >= 4 is 0 Å². The molecule has 2 aliphatic heterocycles. The molecule has 3 rings (SSSR count). The van der Waals surface area contributed by atoms with Gasteiger partial charge in [0.05, 0.1) is 0 Å². The molecule has 2 aliphatic rings. The molecule has 0 radical (unpaired) electrons. The first-order valence-electron chi connectivity index (χ1n) is 9.24. The lowest BCUT2D eigenvalue weighted by Gasteiger charge is -2.35. The zero-order valence-electron chi connectivity index (χ0n) is 14.5. The smallest absolute Gasteiger partial charge is 0.0110 e. The van der Waals surface area contributed by atoms with Crippen LogP contribution in [0.1, 0.15) is 54.7 Å². The highest BCUT2D eigenvalue weighted by atomic mass is 15.2. The van der Waals surface area contributed by atoms with Gasteiger partial charge in [-0.05, 0) is 81.8 Å². The lowest BCUT2D eigenvalue weighted by Crippen LogP contribution is -2.41. The van der Waals surface area contributed by atoms with E-state index in [0.717, 1.165) is 5.92 Å². The van der Waals surface area contributed by atoms with Crippen molar-refractivity contribution in [2.24, 2.45) is 0 Å². The molecule has 2 heteroatoms. The Kier molecular flexibility index (Phi) is 5.54. The zero-order valence-corrected chi connectivity index (χ0v) is 14.5. The Morgan fingerprint density at radius 1 is 0.864 bits per heavy atom. The minimum atomic E-state index is 0.745. The van der Waals surface area contributed by atoms with Gasteiger partial charge in [0.15, 0.2) is 0 Å². The van der Waals surface area contributed by atoms with Crippen LogP contribution in [0.5, 0.6) is 0 Å². The van der Waals surface area contributed by atoms with Gasteiger partial charge < -0.3 is 9.80 Å². The second kappa shape index (κ2) is 7.61. The van der Waals surface area contributed by atoms with Gasteiger partial charge in [0.25, 0.3) is 0 Å². The first kappa shape index (κ1) is 16.0. The summed E-state index contributed by atoms with van der Waals surface area (Å²) >= 11 is 0. The molecular formula is C20H32N2. The molecule has 1 atom stereocenters. The molecule has 0 saturated carbocycles. The summed E-state index contributed by atoms with van der Waals surface area (Å²) in [4.78, 5) is 5.38. The van der Waals surface area contributed by atoms with Crippen LogP contribution >= 0.6 is 0 Å². The van der Waals surface area contributed by atoms with Crippen molar-refractivity contribution in [3.05, 3.63) is 34.9 Å². The minimum Gasteiger partial charge on any atom is -0.302 e. The van der Waals surface area contributed by atoms with E-state index >= 15 is 0 Å². The zero-order chi connectivity index (χ0) is 15.4. The van der Waals surface area contributed by atoms with E-state index in [1.807, 2.05) is 0 Å². The summed E-state index contributed by atoms with van der Waals surface area (Å²) < 4.78 is 0.